The van der Waals surface area contributed by atoms with E-state index in [9.17, 15) is 9.59 Å². The predicted molar refractivity (Wildman–Crippen MR) is 75.2 cm³/mol. The van der Waals surface area contributed by atoms with Crippen molar-refractivity contribution in [3.8, 4) is 0 Å². The number of nitrogens with zero attached hydrogens (tertiary/aromatic N) is 1. The number of carbonyl (C=O) groups is 1. The minimum atomic E-state index is -0.212. The van der Waals surface area contributed by atoms with Crippen molar-refractivity contribution in [2.75, 3.05) is 5.32 Å². The minimum absolute atomic E-state index is 0.0204. The van der Waals surface area contributed by atoms with Gasteiger partial charge in [0.1, 0.15) is 6.54 Å². The van der Waals surface area contributed by atoms with E-state index in [1.807, 2.05) is 32.0 Å². The molecule has 1 amide bonds. The van der Waals surface area contributed by atoms with E-state index in [2.05, 4.69) is 5.32 Å². The van der Waals surface area contributed by atoms with Gasteiger partial charge in [-0.2, -0.15) is 0 Å². The Morgan fingerprint density at radius 1 is 1.16 bits per heavy atom. The number of rotatable bonds is 3. The Labute approximate surface area is 111 Å². The first-order chi connectivity index (χ1) is 9.06. The summed E-state index contributed by atoms with van der Waals surface area (Å²) in [5.74, 6) is -0.212. The maximum Gasteiger partial charge on any atom is 0.250 e. The molecule has 0 fully saturated rings. The van der Waals surface area contributed by atoms with Crippen LogP contribution in [-0.4, -0.2) is 10.5 Å². The second kappa shape index (κ2) is 5.52. The second-order valence-electron chi connectivity index (χ2n) is 4.51. The SMILES string of the molecule is Cc1ccc(NC(=O)Cn2ccccc2=O)cc1C. The molecule has 0 aliphatic rings. The van der Waals surface area contributed by atoms with Gasteiger partial charge in [0.25, 0.3) is 5.56 Å². The number of benzene rings is 1. The van der Waals surface area contributed by atoms with Crippen molar-refractivity contribution in [3.63, 3.8) is 0 Å². The number of hydrogen-bond acceptors (Lipinski definition) is 2. The van der Waals surface area contributed by atoms with E-state index in [0.29, 0.717) is 0 Å². The Morgan fingerprint density at radius 3 is 2.63 bits per heavy atom. The third-order valence-corrected chi connectivity index (χ3v) is 3.00. The summed E-state index contributed by atoms with van der Waals surface area (Å²) in [5.41, 5.74) is 2.86. The van der Waals surface area contributed by atoms with E-state index in [0.717, 1.165) is 11.3 Å². The lowest BCUT2D eigenvalue weighted by Crippen LogP contribution is -2.26. The van der Waals surface area contributed by atoms with Gasteiger partial charge in [0.05, 0.1) is 0 Å². The molecule has 0 radical (unpaired) electrons. The largest absolute Gasteiger partial charge is 0.325 e. The molecule has 0 aliphatic carbocycles. The second-order valence-corrected chi connectivity index (χ2v) is 4.51. The topological polar surface area (TPSA) is 51.1 Å². The molecule has 0 aliphatic heterocycles. The smallest absolute Gasteiger partial charge is 0.250 e. The summed E-state index contributed by atoms with van der Waals surface area (Å²) in [6, 6.07) is 10.5. The number of carbonyl (C=O) groups excluding carboxylic acids is 1. The van der Waals surface area contributed by atoms with Gasteiger partial charge in [-0.1, -0.05) is 12.1 Å². The first-order valence-electron chi connectivity index (χ1n) is 6.09. The van der Waals surface area contributed by atoms with Crippen molar-refractivity contribution in [2.24, 2.45) is 0 Å². The minimum Gasteiger partial charge on any atom is -0.325 e. The lowest BCUT2D eigenvalue weighted by molar-refractivity contribution is -0.116. The summed E-state index contributed by atoms with van der Waals surface area (Å²) in [5, 5.41) is 2.79. The molecule has 0 spiro atoms. The zero-order valence-corrected chi connectivity index (χ0v) is 11.0. The number of aryl methyl sites for hydroxylation is 2. The van der Waals surface area contributed by atoms with Crippen molar-refractivity contribution < 1.29 is 4.79 Å². The standard InChI is InChI=1S/C15H16N2O2/c1-11-6-7-13(9-12(11)2)16-14(18)10-17-8-4-3-5-15(17)19/h3-9H,10H2,1-2H3,(H,16,18). The number of hydrogen-bond donors (Lipinski definition) is 1. The highest BCUT2D eigenvalue weighted by atomic mass is 16.2. The molecule has 1 aromatic heterocycles. The van der Waals surface area contributed by atoms with Gasteiger partial charge in [-0.05, 0) is 43.2 Å². The van der Waals surface area contributed by atoms with Gasteiger partial charge in [0, 0.05) is 18.0 Å². The molecule has 1 aromatic carbocycles. The van der Waals surface area contributed by atoms with Crippen LogP contribution in [0.3, 0.4) is 0 Å². The van der Waals surface area contributed by atoms with Gasteiger partial charge in [0.2, 0.25) is 5.91 Å². The van der Waals surface area contributed by atoms with Crippen LogP contribution in [0.5, 0.6) is 0 Å². The van der Waals surface area contributed by atoms with Crippen LogP contribution in [0.15, 0.2) is 47.4 Å². The highest BCUT2D eigenvalue weighted by Crippen LogP contribution is 2.13. The van der Waals surface area contributed by atoms with Crippen LogP contribution in [-0.2, 0) is 11.3 Å². The number of nitrogens with one attached hydrogen (secondary N) is 1. The molecule has 0 saturated heterocycles. The number of pyridine rings is 1. The summed E-state index contributed by atoms with van der Waals surface area (Å²) in [7, 11) is 0. The lowest BCUT2D eigenvalue weighted by Gasteiger charge is -2.08. The Hall–Kier alpha value is -2.36. The molecule has 0 atom stereocenters. The van der Waals surface area contributed by atoms with Crippen LogP contribution in [0.25, 0.3) is 0 Å². The van der Waals surface area contributed by atoms with Crippen molar-refractivity contribution in [1.82, 2.24) is 4.57 Å². The Morgan fingerprint density at radius 2 is 1.95 bits per heavy atom. The molecule has 4 nitrogen and oxygen atoms in total. The molecule has 4 heteroatoms. The molecule has 0 saturated carbocycles. The predicted octanol–water partition coefficient (Wildman–Crippen LogP) is 2.10. The molecule has 1 N–H and O–H groups in total. The van der Waals surface area contributed by atoms with Crippen LogP contribution in [0, 0.1) is 13.8 Å². The third kappa shape index (κ3) is 3.31. The maximum absolute atomic E-state index is 11.9. The zero-order chi connectivity index (χ0) is 13.8. The third-order valence-electron chi connectivity index (χ3n) is 3.00. The van der Waals surface area contributed by atoms with Gasteiger partial charge < -0.3 is 9.88 Å². The van der Waals surface area contributed by atoms with Gasteiger partial charge in [-0.15, -0.1) is 0 Å². The highest BCUT2D eigenvalue weighted by Gasteiger charge is 2.05. The number of amides is 1. The van der Waals surface area contributed by atoms with E-state index < -0.39 is 0 Å². The summed E-state index contributed by atoms with van der Waals surface area (Å²) in [6.45, 7) is 4.03. The Balaban J connectivity index is 2.08. The summed E-state index contributed by atoms with van der Waals surface area (Å²) in [4.78, 5) is 23.3. The van der Waals surface area contributed by atoms with Crippen LogP contribution >= 0.6 is 0 Å². The molecule has 2 aromatic rings. The normalized spacial score (nSPS) is 10.2. The fourth-order valence-corrected chi connectivity index (χ4v) is 1.77. The Kier molecular flexibility index (Phi) is 3.80. The fraction of sp³-hybridized carbons (Fsp3) is 0.200. The number of aromatic nitrogens is 1. The first kappa shape index (κ1) is 13.1. The van der Waals surface area contributed by atoms with E-state index in [-0.39, 0.29) is 18.0 Å². The van der Waals surface area contributed by atoms with E-state index >= 15 is 0 Å². The fourth-order valence-electron chi connectivity index (χ4n) is 1.77. The van der Waals surface area contributed by atoms with Gasteiger partial charge in [0.15, 0.2) is 0 Å². The van der Waals surface area contributed by atoms with Crippen LogP contribution in [0.1, 0.15) is 11.1 Å². The average molecular weight is 256 g/mol. The molecular weight excluding hydrogens is 240 g/mol. The van der Waals surface area contributed by atoms with Crippen molar-refractivity contribution in [1.29, 1.82) is 0 Å². The van der Waals surface area contributed by atoms with E-state index in [1.165, 1.54) is 16.2 Å². The monoisotopic (exact) mass is 256 g/mol. The van der Waals surface area contributed by atoms with Crippen LogP contribution < -0.4 is 10.9 Å². The van der Waals surface area contributed by atoms with Crippen molar-refractivity contribution in [3.05, 3.63) is 64.1 Å². The first-order valence-corrected chi connectivity index (χ1v) is 6.09. The van der Waals surface area contributed by atoms with E-state index in [1.54, 1.807) is 18.3 Å². The van der Waals surface area contributed by atoms with Gasteiger partial charge in [-0.3, -0.25) is 9.59 Å². The summed E-state index contributed by atoms with van der Waals surface area (Å²) >= 11 is 0. The van der Waals surface area contributed by atoms with E-state index in [4.69, 9.17) is 0 Å². The van der Waals surface area contributed by atoms with Crippen LogP contribution in [0.4, 0.5) is 5.69 Å². The Bertz CT molecular complexity index is 659. The summed E-state index contributed by atoms with van der Waals surface area (Å²) in [6.07, 6.45) is 1.60. The average Bonchev–Trinajstić information content (AvgIpc) is 2.37. The quantitative estimate of drug-likeness (QED) is 0.914. The molecule has 2 rings (SSSR count). The molecule has 0 bridgehead atoms. The molecule has 98 valence electrons. The zero-order valence-electron chi connectivity index (χ0n) is 11.0. The maximum atomic E-state index is 11.9. The molecule has 19 heavy (non-hydrogen) atoms. The molecule has 0 unspecified atom stereocenters. The molecule has 1 heterocycles. The highest BCUT2D eigenvalue weighted by molar-refractivity contribution is 5.90. The van der Waals surface area contributed by atoms with Crippen LogP contribution in [0.2, 0.25) is 0 Å². The van der Waals surface area contributed by atoms with Gasteiger partial charge in [-0.25, -0.2) is 0 Å². The van der Waals surface area contributed by atoms with Crippen molar-refractivity contribution in [2.45, 2.75) is 20.4 Å². The molecular formula is C15H16N2O2. The number of anilines is 1. The van der Waals surface area contributed by atoms with Gasteiger partial charge >= 0.3 is 0 Å². The summed E-state index contributed by atoms with van der Waals surface area (Å²) < 4.78 is 1.37. The van der Waals surface area contributed by atoms with Crippen molar-refractivity contribution >= 4 is 11.6 Å². The lowest BCUT2D eigenvalue weighted by atomic mass is 10.1.